The number of carbonyl (C=O) groups is 1. The summed E-state index contributed by atoms with van der Waals surface area (Å²) in [4.78, 5) is 27.7. The summed E-state index contributed by atoms with van der Waals surface area (Å²) in [7, 11) is 1.26. The molecule has 2 aromatic rings. The average molecular weight is 358 g/mol. The predicted octanol–water partition coefficient (Wildman–Crippen LogP) is 1.51. The van der Waals surface area contributed by atoms with E-state index in [1.807, 2.05) is 18.2 Å². The Labute approximate surface area is 151 Å². The summed E-state index contributed by atoms with van der Waals surface area (Å²) < 4.78 is 15.1. The van der Waals surface area contributed by atoms with Crippen LogP contribution in [-0.2, 0) is 16.1 Å². The van der Waals surface area contributed by atoms with Gasteiger partial charge in [0.2, 0.25) is 11.2 Å². The molecule has 1 aliphatic heterocycles. The fourth-order valence-corrected chi connectivity index (χ4v) is 2.85. The number of anilines is 1. The summed E-state index contributed by atoms with van der Waals surface area (Å²) in [6, 6.07) is 11.7. The second-order valence-corrected chi connectivity index (χ2v) is 6.04. The van der Waals surface area contributed by atoms with Crippen LogP contribution in [0.5, 0.6) is 5.75 Å². The van der Waals surface area contributed by atoms with Crippen LogP contribution in [-0.4, -0.2) is 50.8 Å². The number of ether oxygens (including phenoxy) is 2. The van der Waals surface area contributed by atoms with Crippen LogP contribution in [0.2, 0.25) is 0 Å². The Bertz CT molecular complexity index is 782. The van der Waals surface area contributed by atoms with E-state index < -0.39 is 5.97 Å². The van der Waals surface area contributed by atoms with Crippen LogP contribution in [0.1, 0.15) is 5.76 Å². The normalized spacial score (nSPS) is 14.9. The molecule has 26 heavy (non-hydrogen) atoms. The molecule has 0 unspecified atom stereocenters. The molecular formula is C19H22N2O5. The lowest BCUT2D eigenvalue weighted by Gasteiger charge is -2.35. The van der Waals surface area contributed by atoms with Crippen molar-refractivity contribution in [2.75, 3.05) is 44.8 Å². The second-order valence-electron chi connectivity index (χ2n) is 6.04. The lowest BCUT2D eigenvalue weighted by Crippen LogP contribution is -2.46. The van der Waals surface area contributed by atoms with E-state index in [0.717, 1.165) is 26.2 Å². The number of hydrogen-bond acceptors (Lipinski definition) is 7. The summed E-state index contributed by atoms with van der Waals surface area (Å²) >= 11 is 0. The number of methoxy groups -OCH3 is 1. The van der Waals surface area contributed by atoms with E-state index in [-0.39, 0.29) is 17.8 Å². The molecule has 0 atom stereocenters. The minimum atomic E-state index is -0.551. The molecule has 0 radical (unpaired) electrons. The van der Waals surface area contributed by atoms with Crippen molar-refractivity contribution in [1.82, 2.24) is 4.90 Å². The fourth-order valence-electron chi connectivity index (χ4n) is 2.85. The van der Waals surface area contributed by atoms with Gasteiger partial charge in [-0.1, -0.05) is 18.2 Å². The molecule has 1 fully saturated rings. The van der Waals surface area contributed by atoms with Crippen molar-refractivity contribution >= 4 is 11.7 Å². The van der Waals surface area contributed by atoms with Gasteiger partial charge in [-0.2, -0.15) is 0 Å². The van der Waals surface area contributed by atoms with Gasteiger partial charge in [-0.25, -0.2) is 4.79 Å². The number of piperazine rings is 1. The summed E-state index contributed by atoms with van der Waals surface area (Å²) in [5.41, 5.74) is 0.920. The monoisotopic (exact) mass is 358 g/mol. The first-order valence-electron chi connectivity index (χ1n) is 8.49. The Morgan fingerprint density at radius 1 is 1.15 bits per heavy atom. The zero-order valence-corrected chi connectivity index (χ0v) is 14.7. The summed E-state index contributed by atoms with van der Waals surface area (Å²) in [5, 5.41) is 0. The number of carbonyl (C=O) groups excluding carboxylic acids is 1. The number of para-hydroxylation sites is 1. The Balaban J connectivity index is 1.53. The van der Waals surface area contributed by atoms with Gasteiger partial charge < -0.3 is 18.8 Å². The molecule has 7 heteroatoms. The lowest BCUT2D eigenvalue weighted by atomic mass is 10.2. The smallest absolute Gasteiger partial charge is 0.343 e. The maximum absolute atomic E-state index is 12.1. The molecule has 1 saturated heterocycles. The first-order chi connectivity index (χ1) is 12.7. The highest BCUT2D eigenvalue weighted by Crippen LogP contribution is 2.17. The molecular weight excluding hydrogens is 336 g/mol. The summed E-state index contributed by atoms with van der Waals surface area (Å²) in [6.07, 6.45) is 1.25. The largest absolute Gasteiger partial charge is 0.475 e. The van der Waals surface area contributed by atoms with Crippen molar-refractivity contribution < 1.29 is 18.7 Å². The van der Waals surface area contributed by atoms with Crippen LogP contribution in [0.3, 0.4) is 0 Å². The van der Waals surface area contributed by atoms with Gasteiger partial charge in [-0.05, 0) is 12.1 Å². The van der Waals surface area contributed by atoms with E-state index >= 15 is 0 Å². The lowest BCUT2D eigenvalue weighted by molar-refractivity contribution is -0.142. The first-order valence-corrected chi connectivity index (χ1v) is 8.49. The van der Waals surface area contributed by atoms with Gasteiger partial charge in [0, 0.05) is 37.9 Å². The van der Waals surface area contributed by atoms with Crippen LogP contribution in [0.4, 0.5) is 5.69 Å². The van der Waals surface area contributed by atoms with Gasteiger partial charge in [0.25, 0.3) is 0 Å². The van der Waals surface area contributed by atoms with Crippen molar-refractivity contribution in [3.63, 3.8) is 0 Å². The SMILES string of the molecule is COC(=O)COc1coc(CN2CCN(c3ccccc3)CC2)cc1=O. The molecule has 0 amide bonds. The first kappa shape index (κ1) is 18.0. The molecule has 7 nitrogen and oxygen atoms in total. The topological polar surface area (TPSA) is 72.2 Å². The van der Waals surface area contributed by atoms with Gasteiger partial charge in [-0.3, -0.25) is 9.69 Å². The van der Waals surface area contributed by atoms with Crippen molar-refractivity contribution in [1.29, 1.82) is 0 Å². The van der Waals surface area contributed by atoms with E-state index in [1.54, 1.807) is 0 Å². The number of benzene rings is 1. The molecule has 1 aliphatic rings. The highest BCUT2D eigenvalue weighted by Gasteiger charge is 2.18. The van der Waals surface area contributed by atoms with E-state index in [0.29, 0.717) is 12.3 Å². The standard InChI is InChI=1S/C19H22N2O5/c1-24-19(23)14-26-18-13-25-16(11-17(18)22)12-20-7-9-21(10-8-20)15-5-3-2-4-6-15/h2-6,11,13H,7-10,12,14H2,1H3. The van der Waals surface area contributed by atoms with Gasteiger partial charge in [0.1, 0.15) is 12.0 Å². The van der Waals surface area contributed by atoms with Crippen molar-refractivity contribution in [2.45, 2.75) is 6.54 Å². The third-order valence-corrected chi connectivity index (χ3v) is 4.30. The van der Waals surface area contributed by atoms with Crippen molar-refractivity contribution in [3.8, 4) is 5.75 Å². The van der Waals surface area contributed by atoms with Crippen LogP contribution >= 0.6 is 0 Å². The molecule has 0 aliphatic carbocycles. The molecule has 0 spiro atoms. The minimum Gasteiger partial charge on any atom is -0.475 e. The van der Waals surface area contributed by atoms with Crippen LogP contribution in [0.15, 0.2) is 51.9 Å². The Morgan fingerprint density at radius 2 is 1.88 bits per heavy atom. The van der Waals surface area contributed by atoms with Crippen LogP contribution in [0.25, 0.3) is 0 Å². The van der Waals surface area contributed by atoms with E-state index in [4.69, 9.17) is 9.15 Å². The third kappa shape index (κ3) is 4.64. The maximum Gasteiger partial charge on any atom is 0.343 e. The Hall–Kier alpha value is -2.80. The highest BCUT2D eigenvalue weighted by molar-refractivity contribution is 5.70. The molecule has 0 bridgehead atoms. The number of hydrogen-bond donors (Lipinski definition) is 0. The van der Waals surface area contributed by atoms with Crippen LogP contribution < -0.4 is 15.1 Å². The Kier molecular flexibility index (Phi) is 5.91. The fraction of sp³-hybridized carbons (Fsp3) is 0.368. The van der Waals surface area contributed by atoms with Crippen molar-refractivity contribution in [3.05, 3.63) is 58.6 Å². The van der Waals surface area contributed by atoms with Gasteiger partial charge in [0.05, 0.1) is 13.7 Å². The molecule has 0 saturated carbocycles. The predicted molar refractivity (Wildman–Crippen MR) is 96.4 cm³/mol. The van der Waals surface area contributed by atoms with Crippen LogP contribution in [0, 0.1) is 0 Å². The molecule has 138 valence electrons. The highest BCUT2D eigenvalue weighted by atomic mass is 16.6. The second kappa shape index (κ2) is 8.53. The van der Waals surface area contributed by atoms with E-state index in [2.05, 4.69) is 26.7 Å². The quantitative estimate of drug-likeness (QED) is 0.725. The number of esters is 1. The summed E-state index contributed by atoms with van der Waals surface area (Å²) in [6.45, 7) is 3.87. The van der Waals surface area contributed by atoms with Gasteiger partial charge >= 0.3 is 5.97 Å². The minimum absolute atomic E-state index is 0.00745. The third-order valence-electron chi connectivity index (χ3n) is 4.30. The van der Waals surface area contributed by atoms with Crippen molar-refractivity contribution in [2.24, 2.45) is 0 Å². The number of nitrogens with zero attached hydrogens (tertiary/aromatic N) is 2. The molecule has 1 aromatic carbocycles. The zero-order chi connectivity index (χ0) is 18.4. The molecule has 2 heterocycles. The van der Waals surface area contributed by atoms with Gasteiger partial charge in [-0.15, -0.1) is 0 Å². The van der Waals surface area contributed by atoms with Gasteiger partial charge in [0.15, 0.2) is 6.61 Å². The average Bonchev–Trinajstić information content (AvgIpc) is 2.68. The number of rotatable bonds is 6. The Morgan fingerprint density at radius 3 is 2.54 bits per heavy atom. The zero-order valence-electron chi connectivity index (χ0n) is 14.7. The molecule has 0 N–H and O–H groups in total. The van der Waals surface area contributed by atoms with E-state index in [1.165, 1.54) is 25.1 Å². The molecule has 1 aromatic heterocycles. The maximum atomic E-state index is 12.1. The molecule has 3 rings (SSSR count). The van der Waals surface area contributed by atoms with E-state index in [9.17, 15) is 9.59 Å². The summed E-state index contributed by atoms with van der Waals surface area (Å²) in [5.74, 6) is 0.0337.